The van der Waals surface area contributed by atoms with Gasteiger partial charge in [0.15, 0.2) is 6.10 Å². The lowest BCUT2D eigenvalue weighted by Gasteiger charge is -2.18. The fourth-order valence-corrected chi connectivity index (χ4v) is 9.85. The largest absolute Gasteiger partial charge is 0.466 e. The number of Topliss-reactive ketones (excluding diaryl/α,β-unsaturated/α-hetero) is 1. The lowest BCUT2D eigenvalue weighted by molar-refractivity contribution is -0.167. The van der Waals surface area contributed by atoms with Crippen molar-refractivity contribution in [2.24, 2.45) is 0 Å². The second-order valence-corrected chi connectivity index (χ2v) is 24.7. The second-order valence-electron chi connectivity index (χ2n) is 24.7. The van der Waals surface area contributed by atoms with E-state index in [4.69, 9.17) is 42.6 Å². The number of esters is 9. The van der Waals surface area contributed by atoms with Gasteiger partial charge in [-0.15, -0.1) is 0 Å². The minimum atomic E-state index is -0.967. The van der Waals surface area contributed by atoms with Crippen molar-refractivity contribution >= 4 is 59.5 Å². The highest BCUT2D eigenvalue weighted by Crippen LogP contribution is 2.17. The molecule has 0 radical (unpaired) electrons. The number of rotatable bonds is 68. The lowest BCUT2D eigenvalue weighted by atomic mass is 10.0. The summed E-state index contributed by atoms with van der Waals surface area (Å²) in [5, 5.41) is 0. The van der Waals surface area contributed by atoms with Crippen molar-refractivity contribution in [2.45, 2.75) is 355 Å². The van der Waals surface area contributed by atoms with Gasteiger partial charge in [-0.1, -0.05) is 162 Å². The van der Waals surface area contributed by atoms with Gasteiger partial charge in [0.25, 0.3) is 0 Å². The van der Waals surface area contributed by atoms with Gasteiger partial charge < -0.3 is 42.6 Å². The van der Waals surface area contributed by atoms with Crippen LogP contribution in [0.15, 0.2) is 12.2 Å². The lowest BCUT2D eigenvalue weighted by Crippen LogP contribution is -2.30. The first kappa shape index (κ1) is 87.6. The Hall–Kier alpha value is -5.36. The van der Waals surface area contributed by atoms with Crippen LogP contribution in [-0.4, -0.2) is 118 Å². The molecule has 0 spiro atoms. The molecule has 93 heavy (non-hydrogen) atoms. The van der Waals surface area contributed by atoms with Gasteiger partial charge in [-0.2, -0.15) is 0 Å². The predicted octanol–water partition coefficient (Wildman–Crippen LogP) is 16.9. The van der Waals surface area contributed by atoms with E-state index in [1.807, 2.05) is 20.8 Å². The first-order valence-corrected chi connectivity index (χ1v) is 36.9. The summed E-state index contributed by atoms with van der Waals surface area (Å²) in [6, 6.07) is 0. The fourth-order valence-electron chi connectivity index (χ4n) is 9.85. The Bertz CT molecular complexity index is 1950. The highest BCUT2D eigenvalue weighted by Gasteiger charge is 2.21. The molecule has 19 heteroatoms. The molecule has 0 aromatic carbocycles. The van der Waals surface area contributed by atoms with Crippen molar-refractivity contribution in [3.05, 3.63) is 12.2 Å². The Morgan fingerprint density at radius 3 is 0.796 bits per heavy atom. The molecule has 0 amide bonds. The Morgan fingerprint density at radius 2 is 0.484 bits per heavy atom. The molecule has 0 N–H and O–H groups in total. The van der Waals surface area contributed by atoms with Crippen LogP contribution < -0.4 is 0 Å². The Balaban J connectivity index is 4.93. The number of unbranched alkanes of at least 4 members (excludes halogenated alkanes) is 26. The van der Waals surface area contributed by atoms with Crippen LogP contribution >= 0.6 is 0 Å². The summed E-state index contributed by atoms with van der Waals surface area (Å²) in [4.78, 5) is 125. The smallest absolute Gasteiger partial charge is 0.306 e. The summed E-state index contributed by atoms with van der Waals surface area (Å²) < 4.78 is 49.1. The molecule has 19 nitrogen and oxygen atoms in total. The first-order chi connectivity index (χ1) is 45.2. The van der Waals surface area contributed by atoms with Gasteiger partial charge in [0.2, 0.25) is 0 Å². The van der Waals surface area contributed by atoms with Crippen LogP contribution in [0.5, 0.6) is 0 Å². The van der Waals surface area contributed by atoms with Gasteiger partial charge in [0.1, 0.15) is 25.1 Å². The molecule has 0 aliphatic rings. The molecule has 0 aromatic rings. The minimum Gasteiger partial charge on any atom is -0.466 e. The van der Waals surface area contributed by atoms with Crippen molar-refractivity contribution in [1.82, 2.24) is 0 Å². The monoisotopic (exact) mass is 1320 g/mol. The van der Waals surface area contributed by atoms with Crippen LogP contribution in [0.25, 0.3) is 0 Å². The van der Waals surface area contributed by atoms with Gasteiger partial charge in [-0.3, -0.25) is 47.9 Å². The van der Waals surface area contributed by atoms with E-state index >= 15 is 0 Å². The van der Waals surface area contributed by atoms with Gasteiger partial charge in [0.05, 0.1) is 33.0 Å². The molecule has 0 aliphatic heterocycles. The van der Waals surface area contributed by atoms with E-state index in [2.05, 4.69) is 19.1 Å². The van der Waals surface area contributed by atoms with E-state index in [1.54, 1.807) is 0 Å². The maximum absolute atomic E-state index is 12.9. The van der Waals surface area contributed by atoms with Gasteiger partial charge in [-0.25, -0.2) is 0 Å². The Kier molecular flexibility index (Phi) is 62.8. The molecular weight excluding hydrogens is 1190 g/mol. The molecule has 0 rings (SSSR count). The van der Waals surface area contributed by atoms with Gasteiger partial charge >= 0.3 is 53.7 Å². The topological polar surface area (TPSA) is 254 Å². The van der Waals surface area contributed by atoms with E-state index in [0.29, 0.717) is 103 Å². The van der Waals surface area contributed by atoms with E-state index in [9.17, 15) is 47.9 Å². The average Bonchev–Trinajstić information content (AvgIpc) is 3.69. The van der Waals surface area contributed by atoms with Gasteiger partial charge in [-0.05, 0) is 109 Å². The molecule has 538 valence electrons. The molecule has 0 aliphatic carbocycles. The molecule has 0 bridgehead atoms. The molecule has 2 unspecified atom stereocenters. The summed E-state index contributed by atoms with van der Waals surface area (Å²) in [7, 11) is 0. The highest BCUT2D eigenvalue weighted by molar-refractivity contribution is 5.78. The van der Waals surface area contributed by atoms with Crippen molar-refractivity contribution in [3.8, 4) is 0 Å². The number of ketones is 1. The maximum atomic E-state index is 12.9. The van der Waals surface area contributed by atoms with E-state index in [1.165, 1.54) is 0 Å². The van der Waals surface area contributed by atoms with Crippen LogP contribution in [0.3, 0.4) is 0 Å². The SMILES string of the molecule is CCC/C=C/CCCCC(=O)CCCCCCCC(=O)OCC(COC(=O)CCCCCCCC(=O)OCCC(CCOC(=O)CCCCCCCC(=O)OCCCC)OC(=O)CCCCCCCC(=O)OCCCC)OC(=O)CCCCCCCC(=O)OCCCC. The van der Waals surface area contributed by atoms with E-state index < -0.39 is 30.1 Å². The maximum Gasteiger partial charge on any atom is 0.306 e. The Labute approximate surface area is 560 Å². The third-order valence-electron chi connectivity index (χ3n) is 15.7. The number of carbonyl (C=O) groups is 10. The quantitative estimate of drug-likeness (QED) is 0.0237. The standard InChI is InChI=1S/C74H128O19/c1-5-9-13-14-15-21-32-43-63(75)44-33-22-16-23-39-50-71(81)90-61-65(93-74(84)53-42-31-20-28-36-47-68(78)87-58-12-8-4)62-91-72(82)51-40-29-18-26-38-49-70(80)89-60-55-64(92-73(83)52-41-30-19-27-35-46-67(77)86-57-11-7-3)54-59-88-69(79)48-37-25-17-24-34-45-66(76)85-56-10-6-2/h13-14,64-65H,5-12,15-62H2,1-4H3/b14-13+. The zero-order valence-corrected chi connectivity index (χ0v) is 58.7. The number of hydrogen-bond acceptors (Lipinski definition) is 19. The second kappa shape index (κ2) is 66.7. The van der Waals surface area contributed by atoms with Crippen LogP contribution in [0.1, 0.15) is 342 Å². The predicted molar refractivity (Wildman–Crippen MR) is 360 cm³/mol. The van der Waals surface area contributed by atoms with Crippen molar-refractivity contribution in [1.29, 1.82) is 0 Å². The van der Waals surface area contributed by atoms with Crippen LogP contribution in [0.2, 0.25) is 0 Å². The summed E-state index contributed by atoms with van der Waals surface area (Å²) >= 11 is 0. The third kappa shape index (κ3) is 63.8. The van der Waals surface area contributed by atoms with Crippen molar-refractivity contribution in [2.75, 3.05) is 46.2 Å². The first-order valence-electron chi connectivity index (χ1n) is 36.9. The van der Waals surface area contributed by atoms with E-state index in [-0.39, 0.29) is 114 Å². The van der Waals surface area contributed by atoms with Crippen LogP contribution in [0, 0.1) is 0 Å². The third-order valence-corrected chi connectivity index (χ3v) is 15.7. The van der Waals surface area contributed by atoms with Crippen LogP contribution in [0.4, 0.5) is 0 Å². The highest BCUT2D eigenvalue weighted by atomic mass is 16.6. The Morgan fingerprint density at radius 1 is 0.237 bits per heavy atom. The number of carbonyl (C=O) groups excluding carboxylic acids is 10. The molecule has 0 heterocycles. The van der Waals surface area contributed by atoms with Crippen molar-refractivity contribution < 1.29 is 90.6 Å². The summed E-state index contributed by atoms with van der Waals surface area (Å²) in [6.45, 7) is 9.22. The molecule has 2 atom stereocenters. The summed E-state index contributed by atoms with van der Waals surface area (Å²) in [5.74, 6) is -2.70. The number of ether oxygens (including phenoxy) is 9. The molecule has 0 fully saturated rings. The molecule has 0 aromatic heterocycles. The molecule has 0 saturated carbocycles. The minimum absolute atomic E-state index is 0.0255. The average molecular weight is 1320 g/mol. The van der Waals surface area contributed by atoms with Gasteiger partial charge in [0, 0.05) is 83.5 Å². The summed E-state index contributed by atoms with van der Waals surface area (Å²) in [5.41, 5.74) is 0. The normalized spacial score (nSPS) is 11.8. The number of allylic oxidation sites excluding steroid dienone is 2. The molecule has 0 saturated heterocycles. The zero-order valence-electron chi connectivity index (χ0n) is 58.7. The van der Waals surface area contributed by atoms with Crippen molar-refractivity contribution in [3.63, 3.8) is 0 Å². The zero-order chi connectivity index (χ0) is 68.3. The number of hydrogen-bond donors (Lipinski definition) is 0. The summed E-state index contributed by atoms with van der Waals surface area (Å²) in [6.07, 6.45) is 36.7. The molecular formula is C74H128O19. The fraction of sp³-hybridized carbons (Fsp3) is 0.838. The van der Waals surface area contributed by atoms with Crippen LogP contribution in [-0.2, 0) is 90.6 Å². The van der Waals surface area contributed by atoms with E-state index in [0.717, 1.165) is 186 Å².